The molecule has 0 aromatic heterocycles. The van der Waals surface area contributed by atoms with Gasteiger partial charge >= 0.3 is 11.9 Å². The van der Waals surface area contributed by atoms with Crippen molar-refractivity contribution in [2.45, 2.75) is 84.7 Å². The van der Waals surface area contributed by atoms with Gasteiger partial charge in [0.1, 0.15) is 6.10 Å². The summed E-state index contributed by atoms with van der Waals surface area (Å²) >= 11 is 0. The molecule has 152 valence electrons. The normalized spacial score (nSPS) is 48.7. The highest BCUT2D eigenvalue weighted by atomic mass is 16.5. The number of hydrogen-bond acceptors (Lipinski definition) is 4. The molecule has 0 heterocycles. The molecule has 4 saturated carbocycles. The molecule has 0 aromatic rings. The van der Waals surface area contributed by atoms with Crippen molar-refractivity contribution in [2.24, 2.45) is 40.4 Å². The van der Waals surface area contributed by atoms with Crippen LogP contribution in [0, 0.1) is 40.4 Å². The smallest absolute Gasteiger partial charge is 0.309 e. The zero-order valence-electron chi connectivity index (χ0n) is 17.5. The number of esters is 2. The first-order chi connectivity index (χ1) is 12.8. The van der Waals surface area contributed by atoms with Crippen LogP contribution >= 0.6 is 0 Å². The van der Waals surface area contributed by atoms with Gasteiger partial charge < -0.3 is 9.47 Å². The lowest BCUT2D eigenvalue weighted by atomic mass is 9.44. The van der Waals surface area contributed by atoms with Gasteiger partial charge in [0.25, 0.3) is 0 Å². The van der Waals surface area contributed by atoms with Crippen molar-refractivity contribution in [3.05, 3.63) is 0 Å². The topological polar surface area (TPSA) is 52.6 Å². The average molecular weight is 377 g/mol. The van der Waals surface area contributed by atoms with Crippen LogP contribution in [0.1, 0.15) is 78.6 Å². The molecule has 0 saturated heterocycles. The minimum Gasteiger partial charge on any atom is -0.469 e. The first-order valence-corrected chi connectivity index (χ1v) is 11.0. The first kappa shape index (κ1) is 19.3. The molecule has 0 bridgehead atoms. The third kappa shape index (κ3) is 2.93. The fourth-order valence-corrected chi connectivity index (χ4v) is 8.09. The molecule has 4 heteroatoms. The number of hydrogen-bond donors (Lipinski definition) is 0. The molecule has 4 aliphatic rings. The van der Waals surface area contributed by atoms with Crippen LogP contribution in [0.15, 0.2) is 0 Å². The Kier molecular flexibility index (Phi) is 4.83. The molecule has 0 aliphatic heterocycles. The monoisotopic (exact) mass is 376 g/mol. The Hall–Kier alpha value is -1.06. The van der Waals surface area contributed by atoms with Crippen LogP contribution in [0.2, 0.25) is 0 Å². The van der Waals surface area contributed by atoms with E-state index in [9.17, 15) is 9.59 Å². The van der Waals surface area contributed by atoms with E-state index in [1.54, 1.807) is 7.11 Å². The van der Waals surface area contributed by atoms with Crippen molar-refractivity contribution < 1.29 is 19.1 Å². The second-order valence-electron chi connectivity index (χ2n) is 10.4. The van der Waals surface area contributed by atoms with Gasteiger partial charge in [-0.1, -0.05) is 13.8 Å². The second-order valence-corrected chi connectivity index (χ2v) is 10.4. The Balaban J connectivity index is 1.53. The van der Waals surface area contributed by atoms with E-state index in [1.165, 1.54) is 39.0 Å². The molecule has 0 spiro atoms. The molecule has 0 aromatic carbocycles. The summed E-state index contributed by atoms with van der Waals surface area (Å²) in [4.78, 5) is 23.8. The fraction of sp³-hybridized carbons (Fsp3) is 0.913. The Morgan fingerprint density at radius 1 is 0.889 bits per heavy atom. The number of ether oxygens (including phenoxy) is 2. The lowest BCUT2D eigenvalue weighted by Gasteiger charge is -2.60. The Morgan fingerprint density at radius 3 is 2.30 bits per heavy atom. The van der Waals surface area contributed by atoms with Gasteiger partial charge in [-0.3, -0.25) is 9.59 Å². The van der Waals surface area contributed by atoms with Crippen LogP contribution in [0.25, 0.3) is 0 Å². The average Bonchev–Trinajstić information content (AvgIpc) is 2.98. The van der Waals surface area contributed by atoms with Gasteiger partial charge in [0, 0.05) is 6.92 Å². The number of rotatable bonds is 2. The summed E-state index contributed by atoms with van der Waals surface area (Å²) in [5, 5.41) is 0. The molecule has 4 fully saturated rings. The predicted molar refractivity (Wildman–Crippen MR) is 103 cm³/mol. The quantitative estimate of drug-likeness (QED) is 0.653. The van der Waals surface area contributed by atoms with Crippen LogP contribution in [-0.4, -0.2) is 25.2 Å². The van der Waals surface area contributed by atoms with E-state index in [0.717, 1.165) is 37.5 Å². The van der Waals surface area contributed by atoms with Crippen LogP contribution < -0.4 is 0 Å². The maximum atomic E-state index is 12.4. The summed E-state index contributed by atoms with van der Waals surface area (Å²) < 4.78 is 10.7. The Labute approximate surface area is 163 Å². The molecule has 27 heavy (non-hydrogen) atoms. The first-order valence-electron chi connectivity index (χ1n) is 11.0. The maximum Gasteiger partial charge on any atom is 0.309 e. The van der Waals surface area contributed by atoms with E-state index < -0.39 is 0 Å². The fourth-order valence-electron chi connectivity index (χ4n) is 8.09. The van der Waals surface area contributed by atoms with Gasteiger partial charge in [-0.25, -0.2) is 0 Å². The largest absolute Gasteiger partial charge is 0.469 e. The summed E-state index contributed by atoms with van der Waals surface area (Å²) in [6, 6.07) is 0. The minimum absolute atomic E-state index is 0.0141. The maximum absolute atomic E-state index is 12.4. The minimum atomic E-state index is -0.134. The predicted octanol–water partition coefficient (Wildman–Crippen LogP) is 4.75. The third-order valence-electron chi connectivity index (χ3n) is 9.44. The van der Waals surface area contributed by atoms with Gasteiger partial charge in [0.2, 0.25) is 0 Å². The van der Waals surface area contributed by atoms with Crippen molar-refractivity contribution in [2.75, 3.05) is 7.11 Å². The van der Waals surface area contributed by atoms with E-state index in [2.05, 4.69) is 13.8 Å². The number of carbonyl (C=O) groups excluding carboxylic acids is 2. The van der Waals surface area contributed by atoms with Gasteiger partial charge in [-0.05, 0) is 92.3 Å². The molecule has 7 unspecified atom stereocenters. The van der Waals surface area contributed by atoms with Gasteiger partial charge in [-0.15, -0.1) is 0 Å². The van der Waals surface area contributed by atoms with Crippen molar-refractivity contribution in [3.63, 3.8) is 0 Å². The number of fused-ring (bicyclic) bond motifs is 5. The van der Waals surface area contributed by atoms with Crippen LogP contribution in [-0.2, 0) is 19.1 Å². The van der Waals surface area contributed by atoms with E-state index in [4.69, 9.17) is 9.47 Å². The summed E-state index contributed by atoms with van der Waals surface area (Å²) in [7, 11) is 1.54. The standard InChI is InChI=1S/C23H36O4/c1-14(24)27-16-9-11-22(2)15(13-16)5-6-17-18-7-8-20(21(25)26-4)23(18,3)12-10-19(17)22/h15-20H,5-13H2,1-4H3/t15-,16?,17?,18?,19?,20?,22?,23?/m0/s1. The van der Waals surface area contributed by atoms with E-state index >= 15 is 0 Å². The molecule has 0 radical (unpaired) electrons. The number of methoxy groups -OCH3 is 1. The second kappa shape index (κ2) is 6.77. The van der Waals surface area contributed by atoms with E-state index in [-0.39, 0.29) is 29.4 Å². The van der Waals surface area contributed by atoms with Crippen LogP contribution in [0.5, 0.6) is 0 Å². The SMILES string of the molecule is COC(=O)C1CCC2C3CC[C@H]4CC(OC(C)=O)CCC4(C)C3CCC12C. The van der Waals surface area contributed by atoms with Crippen molar-refractivity contribution >= 4 is 11.9 Å². The highest BCUT2D eigenvalue weighted by molar-refractivity contribution is 5.73. The molecule has 4 aliphatic carbocycles. The molecule has 4 rings (SSSR count). The molecule has 4 nitrogen and oxygen atoms in total. The van der Waals surface area contributed by atoms with E-state index in [1.807, 2.05) is 0 Å². The molecule has 0 N–H and O–H groups in total. The lowest BCUT2D eigenvalue weighted by Crippen LogP contribution is -2.54. The van der Waals surface area contributed by atoms with E-state index in [0.29, 0.717) is 17.3 Å². The lowest BCUT2D eigenvalue weighted by molar-refractivity contribution is -0.164. The number of carbonyl (C=O) groups is 2. The Bertz CT molecular complexity index is 615. The summed E-state index contributed by atoms with van der Waals surface area (Å²) in [5.41, 5.74) is 0.511. The van der Waals surface area contributed by atoms with Crippen molar-refractivity contribution in [1.82, 2.24) is 0 Å². The Morgan fingerprint density at radius 2 is 1.59 bits per heavy atom. The van der Waals surface area contributed by atoms with Gasteiger partial charge in [0.15, 0.2) is 0 Å². The van der Waals surface area contributed by atoms with Gasteiger partial charge in [-0.2, -0.15) is 0 Å². The van der Waals surface area contributed by atoms with Crippen molar-refractivity contribution in [3.8, 4) is 0 Å². The molecular formula is C23H36O4. The highest BCUT2D eigenvalue weighted by Gasteiger charge is 2.61. The summed E-state index contributed by atoms with van der Waals surface area (Å²) in [6.45, 7) is 6.42. The van der Waals surface area contributed by atoms with Crippen LogP contribution in [0.3, 0.4) is 0 Å². The van der Waals surface area contributed by atoms with Gasteiger partial charge in [0.05, 0.1) is 13.0 Å². The summed E-state index contributed by atoms with van der Waals surface area (Å²) in [6.07, 6.45) is 10.5. The third-order valence-corrected chi connectivity index (χ3v) is 9.44. The zero-order chi connectivity index (χ0) is 19.4. The molecular weight excluding hydrogens is 340 g/mol. The zero-order valence-corrected chi connectivity index (χ0v) is 17.5. The highest BCUT2D eigenvalue weighted by Crippen LogP contribution is 2.67. The molecule has 8 atom stereocenters. The van der Waals surface area contributed by atoms with Crippen molar-refractivity contribution in [1.29, 1.82) is 0 Å². The van der Waals surface area contributed by atoms with Crippen LogP contribution in [0.4, 0.5) is 0 Å². The summed E-state index contributed by atoms with van der Waals surface area (Å²) in [5.74, 6) is 2.85. The molecule has 0 amide bonds.